The largest absolute Gasteiger partial charge is 0.358 e. The Morgan fingerprint density at radius 1 is 1.32 bits per heavy atom. The molecule has 4 heterocycles. The summed E-state index contributed by atoms with van der Waals surface area (Å²) in [5, 5.41) is 21.0. The quantitative estimate of drug-likeness (QED) is 0.534. The molecule has 1 aliphatic heterocycles. The summed E-state index contributed by atoms with van der Waals surface area (Å²) in [5.41, 5.74) is 1.72. The third-order valence-corrected chi connectivity index (χ3v) is 4.85. The summed E-state index contributed by atoms with van der Waals surface area (Å²) in [6, 6.07) is 1.84. The fourth-order valence-electron chi connectivity index (χ4n) is 3.37. The van der Waals surface area contributed by atoms with Gasteiger partial charge in [0.25, 0.3) is 5.91 Å². The van der Waals surface area contributed by atoms with Gasteiger partial charge in [0.2, 0.25) is 0 Å². The Morgan fingerprint density at radius 2 is 2.11 bits per heavy atom. The minimum absolute atomic E-state index is 0.0155. The second kappa shape index (κ2) is 7.18. The number of hydrogen-bond donors (Lipinski definition) is 1. The van der Waals surface area contributed by atoms with Gasteiger partial charge in [0.05, 0.1) is 18.1 Å². The maximum absolute atomic E-state index is 12.6. The van der Waals surface area contributed by atoms with E-state index >= 15 is 0 Å². The van der Waals surface area contributed by atoms with Gasteiger partial charge in [0, 0.05) is 44.0 Å². The van der Waals surface area contributed by atoms with Crippen molar-refractivity contribution < 1.29 is 9.72 Å². The van der Waals surface area contributed by atoms with Crippen LogP contribution in [0.25, 0.3) is 11.3 Å². The van der Waals surface area contributed by atoms with E-state index in [0.29, 0.717) is 25.9 Å². The number of H-pyrrole nitrogens is 1. The standard InChI is InChI=1S/C17H18N8O3/c1-23-10-12(8-20-23)14-2-5-18-15(21-14)11-3-6-24(7-4-11)17(26)13-9-19-22-16(13)25(27)28/h2,5,8-11H,3-4,6-7H2,1H3,(H,19,22). The maximum atomic E-state index is 12.6. The average molecular weight is 382 g/mol. The molecule has 0 radical (unpaired) electrons. The lowest BCUT2D eigenvalue weighted by Gasteiger charge is -2.31. The molecular weight excluding hydrogens is 364 g/mol. The zero-order valence-corrected chi connectivity index (χ0v) is 15.1. The molecule has 11 nitrogen and oxygen atoms in total. The van der Waals surface area contributed by atoms with Crippen LogP contribution < -0.4 is 0 Å². The van der Waals surface area contributed by atoms with Crippen LogP contribution >= 0.6 is 0 Å². The van der Waals surface area contributed by atoms with E-state index < -0.39 is 4.92 Å². The summed E-state index contributed by atoms with van der Waals surface area (Å²) >= 11 is 0. The smallest absolute Gasteiger partial charge is 0.355 e. The topological polar surface area (TPSA) is 136 Å². The normalized spacial score (nSPS) is 15.0. The van der Waals surface area contributed by atoms with Crippen LogP contribution in [0.15, 0.2) is 30.9 Å². The first-order valence-corrected chi connectivity index (χ1v) is 8.82. The molecule has 0 aliphatic carbocycles. The van der Waals surface area contributed by atoms with Gasteiger partial charge in [-0.3, -0.25) is 9.48 Å². The highest BCUT2D eigenvalue weighted by molar-refractivity contribution is 5.97. The molecule has 0 spiro atoms. The fourth-order valence-corrected chi connectivity index (χ4v) is 3.37. The minimum atomic E-state index is -0.634. The SMILES string of the molecule is Cn1cc(-c2ccnc(C3CCN(C(=O)c4cn[nH]c4[N+](=O)[O-])CC3)n2)cn1. The molecule has 11 heteroatoms. The predicted molar refractivity (Wildman–Crippen MR) is 97.4 cm³/mol. The Bertz CT molecular complexity index is 1020. The number of aryl methyl sites for hydroxylation is 1. The zero-order valence-electron chi connectivity index (χ0n) is 15.1. The van der Waals surface area contributed by atoms with Gasteiger partial charge in [-0.05, 0) is 23.8 Å². The predicted octanol–water partition coefficient (Wildman–Crippen LogP) is 1.53. The van der Waals surface area contributed by atoms with E-state index in [0.717, 1.165) is 17.1 Å². The molecule has 0 unspecified atom stereocenters. The third kappa shape index (κ3) is 3.33. The number of carbonyl (C=O) groups is 1. The first-order chi connectivity index (χ1) is 13.5. The van der Waals surface area contributed by atoms with Gasteiger partial charge in [0.15, 0.2) is 5.56 Å². The van der Waals surface area contributed by atoms with Crippen molar-refractivity contribution in [2.24, 2.45) is 7.05 Å². The van der Waals surface area contributed by atoms with E-state index in [1.54, 1.807) is 22.0 Å². The van der Waals surface area contributed by atoms with Gasteiger partial charge in [-0.25, -0.2) is 9.97 Å². The second-order valence-corrected chi connectivity index (χ2v) is 6.66. The van der Waals surface area contributed by atoms with Crippen LogP contribution in [0.5, 0.6) is 0 Å². The number of carbonyl (C=O) groups excluding carboxylic acids is 1. The van der Waals surface area contributed by atoms with Crippen molar-refractivity contribution in [2.45, 2.75) is 18.8 Å². The van der Waals surface area contributed by atoms with Gasteiger partial charge in [-0.1, -0.05) is 5.10 Å². The monoisotopic (exact) mass is 382 g/mol. The summed E-state index contributed by atoms with van der Waals surface area (Å²) in [6.07, 6.45) is 7.96. The molecule has 1 N–H and O–H groups in total. The number of rotatable bonds is 4. The molecule has 28 heavy (non-hydrogen) atoms. The summed E-state index contributed by atoms with van der Waals surface area (Å²) in [5.74, 6) is 0.103. The van der Waals surface area contributed by atoms with Crippen LogP contribution in [0, 0.1) is 10.1 Å². The van der Waals surface area contributed by atoms with Crippen LogP contribution in [0.1, 0.15) is 34.9 Å². The van der Waals surface area contributed by atoms with Crippen molar-refractivity contribution in [3.63, 3.8) is 0 Å². The molecule has 1 saturated heterocycles. The van der Waals surface area contributed by atoms with E-state index in [9.17, 15) is 14.9 Å². The molecule has 3 aromatic rings. The molecule has 3 aromatic heterocycles. The van der Waals surface area contributed by atoms with Gasteiger partial charge < -0.3 is 15.0 Å². The van der Waals surface area contributed by atoms with Gasteiger partial charge >= 0.3 is 5.82 Å². The van der Waals surface area contributed by atoms with E-state index in [-0.39, 0.29) is 23.2 Å². The van der Waals surface area contributed by atoms with Gasteiger partial charge in [0.1, 0.15) is 5.82 Å². The Labute approximate surface area is 159 Å². The van der Waals surface area contributed by atoms with Crippen LogP contribution in [0.2, 0.25) is 0 Å². The molecule has 1 amide bonds. The molecule has 4 rings (SSSR count). The zero-order chi connectivity index (χ0) is 19.7. The number of aromatic amines is 1. The van der Waals surface area contributed by atoms with Crippen LogP contribution in [0.4, 0.5) is 5.82 Å². The first-order valence-electron chi connectivity index (χ1n) is 8.82. The molecule has 1 aliphatic rings. The molecule has 0 aromatic carbocycles. The third-order valence-electron chi connectivity index (χ3n) is 4.85. The summed E-state index contributed by atoms with van der Waals surface area (Å²) in [6.45, 7) is 0.957. The highest BCUT2D eigenvalue weighted by Gasteiger charge is 2.30. The van der Waals surface area contributed by atoms with Crippen molar-refractivity contribution in [1.82, 2.24) is 34.8 Å². The Morgan fingerprint density at radius 3 is 2.79 bits per heavy atom. The lowest BCUT2D eigenvalue weighted by atomic mass is 9.95. The number of amides is 1. The van der Waals surface area contributed by atoms with E-state index in [4.69, 9.17) is 0 Å². The second-order valence-electron chi connectivity index (χ2n) is 6.66. The number of piperidine rings is 1. The van der Waals surface area contributed by atoms with Crippen molar-refractivity contribution >= 4 is 11.7 Å². The number of likely N-dealkylation sites (tertiary alicyclic amines) is 1. The lowest BCUT2D eigenvalue weighted by molar-refractivity contribution is -0.389. The Balaban J connectivity index is 1.45. The first kappa shape index (κ1) is 17.8. The van der Waals surface area contributed by atoms with Crippen LogP contribution in [0.3, 0.4) is 0 Å². The number of aromatic nitrogens is 6. The van der Waals surface area contributed by atoms with E-state index in [1.165, 1.54) is 6.20 Å². The molecular formula is C17H18N8O3. The average Bonchev–Trinajstić information content (AvgIpc) is 3.37. The highest BCUT2D eigenvalue weighted by atomic mass is 16.6. The number of hydrogen-bond acceptors (Lipinski definition) is 7. The van der Waals surface area contributed by atoms with Gasteiger partial charge in [-0.2, -0.15) is 5.10 Å². The van der Waals surface area contributed by atoms with E-state index in [2.05, 4.69) is 25.3 Å². The van der Waals surface area contributed by atoms with E-state index in [1.807, 2.05) is 19.3 Å². The lowest BCUT2D eigenvalue weighted by Crippen LogP contribution is -2.38. The van der Waals surface area contributed by atoms with Crippen molar-refractivity contribution in [1.29, 1.82) is 0 Å². The summed E-state index contributed by atoms with van der Waals surface area (Å²) in [7, 11) is 1.85. The Hall–Kier alpha value is -3.63. The van der Waals surface area contributed by atoms with Gasteiger partial charge in [-0.15, -0.1) is 5.10 Å². The number of nitrogens with zero attached hydrogens (tertiary/aromatic N) is 7. The molecule has 0 atom stereocenters. The van der Waals surface area contributed by atoms with Crippen LogP contribution in [-0.2, 0) is 7.05 Å². The fraction of sp³-hybridized carbons (Fsp3) is 0.353. The number of nitrogens with one attached hydrogen (secondary N) is 1. The minimum Gasteiger partial charge on any atom is -0.358 e. The molecule has 0 saturated carbocycles. The summed E-state index contributed by atoms with van der Waals surface area (Å²) in [4.78, 5) is 33.6. The van der Waals surface area contributed by atoms with Crippen molar-refractivity contribution in [2.75, 3.05) is 13.1 Å². The maximum Gasteiger partial charge on any atom is 0.355 e. The highest BCUT2D eigenvalue weighted by Crippen LogP contribution is 2.28. The van der Waals surface area contributed by atoms with Crippen LogP contribution in [-0.4, -0.2) is 58.8 Å². The van der Waals surface area contributed by atoms with Crippen molar-refractivity contribution in [3.8, 4) is 11.3 Å². The summed E-state index contributed by atoms with van der Waals surface area (Å²) < 4.78 is 1.72. The molecule has 1 fully saturated rings. The number of nitro groups is 1. The molecule has 0 bridgehead atoms. The molecule has 144 valence electrons. The van der Waals surface area contributed by atoms with Crippen molar-refractivity contribution in [3.05, 3.63) is 52.4 Å². The Kier molecular flexibility index (Phi) is 4.55.